The number of anilines is 1. The molecule has 0 saturated heterocycles. The number of aromatic nitrogens is 3. The maximum atomic E-state index is 10.9. The first-order valence-corrected chi connectivity index (χ1v) is 4.46. The van der Waals surface area contributed by atoms with Gasteiger partial charge in [0.15, 0.2) is 5.82 Å². The van der Waals surface area contributed by atoms with E-state index >= 15 is 0 Å². The summed E-state index contributed by atoms with van der Waals surface area (Å²) in [4.78, 5) is 15.8. The Bertz CT molecular complexity index is 510. The Morgan fingerprint density at radius 3 is 2.31 bits per heavy atom. The van der Waals surface area contributed by atoms with Crippen LogP contribution in [0, 0.1) is 0 Å². The lowest BCUT2D eigenvalue weighted by atomic mass is 10.1. The quantitative estimate of drug-likeness (QED) is 0.577. The lowest BCUT2D eigenvalue weighted by Gasteiger charge is -1.96. The molecule has 7 nitrogen and oxygen atoms in total. The molecule has 6 N–H and O–H groups in total. The van der Waals surface area contributed by atoms with Gasteiger partial charge < -0.3 is 17.3 Å². The fraction of sp³-hybridized carbons (Fsp3) is 0. The van der Waals surface area contributed by atoms with Gasteiger partial charge in [-0.05, 0) is 12.1 Å². The van der Waals surface area contributed by atoms with Crippen LogP contribution in [0.4, 0.5) is 5.95 Å². The highest BCUT2D eigenvalue weighted by Crippen LogP contribution is 2.16. The highest BCUT2D eigenvalue weighted by atomic mass is 16.1. The van der Waals surface area contributed by atoms with E-state index in [2.05, 4.69) is 10.1 Å². The zero-order chi connectivity index (χ0) is 11.7. The van der Waals surface area contributed by atoms with Gasteiger partial charge in [-0.15, -0.1) is 9.89 Å². The van der Waals surface area contributed by atoms with Gasteiger partial charge in [-0.2, -0.15) is 4.98 Å². The van der Waals surface area contributed by atoms with Gasteiger partial charge in [-0.1, -0.05) is 12.1 Å². The number of carbonyl (C=O) groups is 1. The summed E-state index contributed by atoms with van der Waals surface area (Å²) in [6.07, 6.45) is 0. The van der Waals surface area contributed by atoms with Crippen molar-refractivity contribution >= 4 is 11.9 Å². The van der Waals surface area contributed by atoms with Crippen LogP contribution in [0.25, 0.3) is 11.4 Å². The average molecular weight is 218 g/mol. The molecule has 0 aliphatic rings. The van der Waals surface area contributed by atoms with Gasteiger partial charge in [0, 0.05) is 11.1 Å². The van der Waals surface area contributed by atoms with E-state index in [9.17, 15) is 4.79 Å². The minimum absolute atomic E-state index is 0.119. The van der Waals surface area contributed by atoms with E-state index in [0.717, 1.165) is 4.79 Å². The molecule has 0 spiro atoms. The van der Waals surface area contributed by atoms with Crippen molar-refractivity contribution in [2.24, 2.45) is 5.73 Å². The first-order valence-electron chi connectivity index (χ1n) is 4.46. The Morgan fingerprint density at radius 1 is 1.25 bits per heavy atom. The minimum atomic E-state index is -0.483. The number of amides is 1. The average Bonchev–Trinajstić information content (AvgIpc) is 2.59. The summed E-state index contributed by atoms with van der Waals surface area (Å²) in [6, 6.07) is 6.53. The number of carbonyl (C=O) groups excluding carboxylic acids is 1. The lowest BCUT2D eigenvalue weighted by molar-refractivity contribution is 0.100. The van der Waals surface area contributed by atoms with Gasteiger partial charge in [0.2, 0.25) is 11.9 Å². The van der Waals surface area contributed by atoms with Crippen molar-refractivity contribution in [3.8, 4) is 11.4 Å². The molecule has 2 rings (SSSR count). The standard InChI is InChI=1S/C9H10N6O/c10-7(16)5-1-3-6(4-2-5)8-13-9(11)15(12)14-8/h1-4H,12H2,(H2,10,16)(H2,11,13,14). The molecule has 82 valence electrons. The van der Waals surface area contributed by atoms with Crippen LogP contribution in [0.5, 0.6) is 0 Å². The highest BCUT2D eigenvalue weighted by Gasteiger charge is 2.07. The molecule has 0 radical (unpaired) electrons. The molecule has 2 aromatic rings. The van der Waals surface area contributed by atoms with Crippen LogP contribution in [0.2, 0.25) is 0 Å². The fourth-order valence-corrected chi connectivity index (χ4v) is 1.24. The Balaban J connectivity index is 2.38. The van der Waals surface area contributed by atoms with Crippen LogP contribution in [0.3, 0.4) is 0 Å². The number of nitrogens with two attached hydrogens (primary N) is 3. The Kier molecular flexibility index (Phi) is 2.20. The first-order chi connectivity index (χ1) is 7.58. The summed E-state index contributed by atoms with van der Waals surface area (Å²) in [5.41, 5.74) is 11.7. The number of hydrogen-bond donors (Lipinski definition) is 3. The number of nitrogen functional groups attached to an aromatic ring is 2. The number of hydrogen-bond acceptors (Lipinski definition) is 5. The molecular formula is C9H10N6O. The summed E-state index contributed by atoms with van der Waals surface area (Å²) >= 11 is 0. The van der Waals surface area contributed by atoms with Crippen molar-refractivity contribution in [3.05, 3.63) is 29.8 Å². The van der Waals surface area contributed by atoms with Crippen molar-refractivity contribution < 1.29 is 4.79 Å². The van der Waals surface area contributed by atoms with Crippen molar-refractivity contribution in [1.82, 2.24) is 14.9 Å². The molecule has 1 aromatic carbocycles. The smallest absolute Gasteiger partial charge is 0.248 e. The molecule has 7 heteroatoms. The fourth-order valence-electron chi connectivity index (χ4n) is 1.24. The zero-order valence-corrected chi connectivity index (χ0v) is 8.29. The summed E-state index contributed by atoms with van der Waals surface area (Å²) < 4.78 is 0. The predicted molar refractivity (Wildman–Crippen MR) is 58.5 cm³/mol. The van der Waals surface area contributed by atoms with Crippen LogP contribution in [-0.4, -0.2) is 20.8 Å². The van der Waals surface area contributed by atoms with Gasteiger partial charge in [-0.3, -0.25) is 4.79 Å². The van der Waals surface area contributed by atoms with Crippen LogP contribution >= 0.6 is 0 Å². The van der Waals surface area contributed by atoms with E-state index in [1.54, 1.807) is 24.3 Å². The topological polar surface area (TPSA) is 126 Å². The molecule has 0 aliphatic heterocycles. The molecular weight excluding hydrogens is 208 g/mol. The molecule has 0 aliphatic carbocycles. The molecule has 0 atom stereocenters. The van der Waals surface area contributed by atoms with Crippen molar-refractivity contribution in [1.29, 1.82) is 0 Å². The Hall–Kier alpha value is -2.57. The highest BCUT2D eigenvalue weighted by molar-refractivity contribution is 5.93. The maximum Gasteiger partial charge on any atom is 0.248 e. The summed E-state index contributed by atoms with van der Waals surface area (Å²) in [5.74, 6) is 5.44. The van der Waals surface area contributed by atoms with E-state index in [4.69, 9.17) is 17.3 Å². The molecule has 0 unspecified atom stereocenters. The van der Waals surface area contributed by atoms with E-state index in [0.29, 0.717) is 17.0 Å². The molecule has 1 heterocycles. The normalized spacial score (nSPS) is 10.2. The number of rotatable bonds is 2. The van der Waals surface area contributed by atoms with E-state index in [1.165, 1.54) is 0 Å². The molecule has 0 bridgehead atoms. The largest absolute Gasteiger partial charge is 0.367 e. The van der Waals surface area contributed by atoms with Crippen LogP contribution in [-0.2, 0) is 0 Å². The molecule has 0 saturated carbocycles. The van der Waals surface area contributed by atoms with Crippen molar-refractivity contribution in [2.45, 2.75) is 0 Å². The van der Waals surface area contributed by atoms with Gasteiger partial charge in [0.05, 0.1) is 0 Å². The third-order valence-electron chi connectivity index (χ3n) is 2.09. The molecule has 1 aromatic heterocycles. The van der Waals surface area contributed by atoms with E-state index in [-0.39, 0.29) is 5.95 Å². The minimum Gasteiger partial charge on any atom is -0.367 e. The summed E-state index contributed by atoms with van der Waals surface area (Å²) in [7, 11) is 0. The van der Waals surface area contributed by atoms with Gasteiger partial charge in [-0.25, -0.2) is 0 Å². The van der Waals surface area contributed by atoms with E-state index < -0.39 is 5.91 Å². The van der Waals surface area contributed by atoms with Crippen molar-refractivity contribution in [2.75, 3.05) is 11.6 Å². The SMILES string of the molecule is NC(=O)c1ccc(-c2nc(N)n(N)n2)cc1. The summed E-state index contributed by atoms with van der Waals surface area (Å²) in [6.45, 7) is 0. The van der Waals surface area contributed by atoms with Crippen LogP contribution in [0.1, 0.15) is 10.4 Å². The Labute approximate surface area is 90.8 Å². The molecule has 16 heavy (non-hydrogen) atoms. The van der Waals surface area contributed by atoms with Gasteiger partial charge >= 0.3 is 0 Å². The number of nitrogens with zero attached hydrogens (tertiary/aromatic N) is 3. The van der Waals surface area contributed by atoms with Crippen LogP contribution in [0.15, 0.2) is 24.3 Å². The number of benzene rings is 1. The first kappa shape index (κ1) is 9.97. The second-order valence-electron chi connectivity index (χ2n) is 3.18. The zero-order valence-electron chi connectivity index (χ0n) is 8.29. The lowest BCUT2D eigenvalue weighted by Crippen LogP contribution is -2.13. The van der Waals surface area contributed by atoms with Crippen molar-refractivity contribution in [3.63, 3.8) is 0 Å². The van der Waals surface area contributed by atoms with Crippen LogP contribution < -0.4 is 17.3 Å². The van der Waals surface area contributed by atoms with Gasteiger partial charge in [0.25, 0.3) is 0 Å². The third kappa shape index (κ3) is 1.65. The summed E-state index contributed by atoms with van der Waals surface area (Å²) in [5, 5.41) is 3.90. The monoisotopic (exact) mass is 218 g/mol. The second kappa shape index (κ2) is 3.54. The second-order valence-corrected chi connectivity index (χ2v) is 3.18. The maximum absolute atomic E-state index is 10.9. The number of primary amides is 1. The molecule has 0 fully saturated rings. The van der Waals surface area contributed by atoms with Gasteiger partial charge in [0.1, 0.15) is 0 Å². The Morgan fingerprint density at radius 2 is 1.88 bits per heavy atom. The third-order valence-corrected chi connectivity index (χ3v) is 2.09. The van der Waals surface area contributed by atoms with E-state index in [1.807, 2.05) is 0 Å². The predicted octanol–water partition coefficient (Wildman–Crippen LogP) is -0.660. The molecule has 1 amide bonds.